The minimum Gasteiger partial charge on any atom is -0.468 e. The molecule has 0 aliphatic heterocycles. The van der Waals surface area contributed by atoms with Crippen molar-refractivity contribution in [2.45, 2.75) is 48.8 Å². The molecule has 5 rings (SSSR count). The molecule has 0 radical (unpaired) electrons. The Morgan fingerprint density at radius 1 is 1.12 bits per heavy atom. The van der Waals surface area contributed by atoms with Crippen LogP contribution in [0.25, 0.3) is 16.9 Å². The van der Waals surface area contributed by atoms with Gasteiger partial charge in [-0.25, -0.2) is 4.57 Å². The molecular formula is C27H26N2O2S. The van der Waals surface area contributed by atoms with Gasteiger partial charge in [-0.3, -0.25) is 4.79 Å². The first kappa shape index (κ1) is 20.9. The van der Waals surface area contributed by atoms with Crippen molar-refractivity contribution in [2.75, 3.05) is 12.9 Å². The molecule has 2 aliphatic carbocycles. The highest BCUT2D eigenvalue weighted by molar-refractivity contribution is 7.99. The molecule has 0 unspecified atom stereocenters. The van der Waals surface area contributed by atoms with Gasteiger partial charge in [0.2, 0.25) is 0 Å². The lowest BCUT2D eigenvalue weighted by molar-refractivity contribution is 0.281. The average Bonchev–Trinajstić information content (AvgIpc) is 2.83. The van der Waals surface area contributed by atoms with Gasteiger partial charge < -0.3 is 4.74 Å². The van der Waals surface area contributed by atoms with Crippen LogP contribution in [0.5, 0.6) is 6.01 Å². The fourth-order valence-electron chi connectivity index (χ4n) is 5.37. The molecular weight excluding hydrogens is 416 g/mol. The second-order valence-corrected chi connectivity index (χ2v) is 9.67. The van der Waals surface area contributed by atoms with Crippen LogP contribution in [0.1, 0.15) is 43.2 Å². The number of aromatic nitrogens is 2. The van der Waals surface area contributed by atoms with Crippen molar-refractivity contribution in [2.24, 2.45) is 0 Å². The molecule has 4 nitrogen and oxygen atoms in total. The van der Waals surface area contributed by atoms with Gasteiger partial charge in [-0.1, -0.05) is 49.4 Å². The maximum atomic E-state index is 14.1. The van der Waals surface area contributed by atoms with Crippen molar-refractivity contribution in [3.05, 3.63) is 70.0 Å². The molecule has 1 heterocycles. The van der Waals surface area contributed by atoms with E-state index in [1.54, 1.807) is 23.4 Å². The van der Waals surface area contributed by atoms with Gasteiger partial charge in [0.15, 0.2) is 0 Å². The van der Waals surface area contributed by atoms with Gasteiger partial charge in [0.25, 0.3) is 5.56 Å². The molecule has 1 aromatic heterocycles. The third-order valence-corrected chi connectivity index (χ3v) is 7.71. The SMILES string of the molecule is C#CCSc1ccc(-n2c(OC)nc3c(c2=O)C2(CCCCC2)Cc2ccccc2-3)cc1. The van der Waals surface area contributed by atoms with Crippen LogP contribution < -0.4 is 10.3 Å². The third kappa shape index (κ3) is 3.43. The molecule has 0 amide bonds. The second kappa shape index (κ2) is 8.52. The Hall–Kier alpha value is -2.97. The Balaban J connectivity index is 1.72. The van der Waals surface area contributed by atoms with Gasteiger partial charge in [0.05, 0.1) is 29.8 Å². The summed E-state index contributed by atoms with van der Waals surface area (Å²) < 4.78 is 7.29. The summed E-state index contributed by atoms with van der Waals surface area (Å²) in [5.74, 6) is 3.26. The number of ether oxygens (including phenoxy) is 1. The number of benzene rings is 2. The van der Waals surface area contributed by atoms with Crippen LogP contribution in [0.3, 0.4) is 0 Å². The summed E-state index contributed by atoms with van der Waals surface area (Å²) in [6, 6.07) is 16.6. The summed E-state index contributed by atoms with van der Waals surface area (Å²) in [6.45, 7) is 0. The van der Waals surface area contributed by atoms with Crippen LogP contribution in [-0.4, -0.2) is 22.4 Å². The number of nitrogens with zero attached hydrogens (tertiary/aromatic N) is 2. The summed E-state index contributed by atoms with van der Waals surface area (Å²) in [4.78, 5) is 20.2. The van der Waals surface area contributed by atoms with Gasteiger partial charge in [-0.15, -0.1) is 18.2 Å². The minimum atomic E-state index is -0.150. The second-order valence-electron chi connectivity index (χ2n) is 8.62. The number of hydrogen-bond donors (Lipinski definition) is 0. The van der Waals surface area contributed by atoms with Crippen LogP contribution in [0.15, 0.2) is 58.2 Å². The van der Waals surface area contributed by atoms with Crippen molar-refractivity contribution in [1.29, 1.82) is 0 Å². The smallest absolute Gasteiger partial charge is 0.304 e. The zero-order valence-corrected chi connectivity index (χ0v) is 19.1. The highest BCUT2D eigenvalue weighted by Gasteiger charge is 2.43. The molecule has 0 N–H and O–H groups in total. The Bertz CT molecular complexity index is 1250. The number of methoxy groups -OCH3 is 1. The van der Waals surface area contributed by atoms with Crippen LogP contribution in [0.4, 0.5) is 0 Å². The molecule has 2 aliphatic rings. The number of hydrogen-bond acceptors (Lipinski definition) is 4. The van der Waals surface area contributed by atoms with Crippen molar-refractivity contribution in [1.82, 2.24) is 9.55 Å². The van der Waals surface area contributed by atoms with Crippen LogP contribution in [0.2, 0.25) is 0 Å². The Labute approximate surface area is 193 Å². The van der Waals surface area contributed by atoms with Crippen LogP contribution >= 0.6 is 11.8 Å². The molecule has 1 fully saturated rings. The topological polar surface area (TPSA) is 44.1 Å². The zero-order valence-electron chi connectivity index (χ0n) is 18.3. The predicted molar refractivity (Wildman–Crippen MR) is 130 cm³/mol. The van der Waals surface area contributed by atoms with Crippen molar-refractivity contribution in [3.8, 4) is 35.3 Å². The first-order valence-electron chi connectivity index (χ1n) is 11.1. The molecule has 162 valence electrons. The van der Waals surface area contributed by atoms with E-state index in [-0.39, 0.29) is 11.0 Å². The standard InChI is InChI=1S/C27H26N2O2S/c1-3-17-32-21-13-11-20(12-14-21)29-25(30)23-24(28-26(29)31-2)22-10-6-5-9-19(22)18-27(23)15-7-4-8-16-27/h1,5-6,9-14H,4,7-8,15-18H2,2H3. The molecule has 0 bridgehead atoms. The fourth-order valence-corrected chi connectivity index (χ4v) is 5.95. The molecule has 0 atom stereocenters. The van der Waals surface area contributed by atoms with Gasteiger partial charge >= 0.3 is 6.01 Å². The maximum absolute atomic E-state index is 14.1. The van der Waals surface area contributed by atoms with E-state index in [0.29, 0.717) is 11.8 Å². The summed E-state index contributed by atoms with van der Waals surface area (Å²) >= 11 is 1.60. The minimum absolute atomic E-state index is 0.00715. The average molecular weight is 443 g/mol. The molecule has 3 aromatic rings. The normalized spacial score (nSPS) is 16.1. The number of thioether (sulfide) groups is 1. The maximum Gasteiger partial charge on any atom is 0.304 e. The fraction of sp³-hybridized carbons (Fsp3) is 0.333. The quantitative estimate of drug-likeness (QED) is 0.401. The monoisotopic (exact) mass is 442 g/mol. The zero-order chi connectivity index (χ0) is 22.1. The lowest BCUT2D eigenvalue weighted by Crippen LogP contribution is -2.42. The predicted octanol–water partition coefficient (Wildman–Crippen LogP) is 5.39. The van der Waals surface area contributed by atoms with E-state index in [9.17, 15) is 4.79 Å². The van der Waals surface area contributed by atoms with Crippen LogP contribution in [0, 0.1) is 12.3 Å². The molecule has 0 saturated heterocycles. The number of rotatable bonds is 4. The van der Waals surface area contributed by atoms with Gasteiger partial charge in [0.1, 0.15) is 0 Å². The molecule has 2 aromatic carbocycles. The van der Waals surface area contributed by atoms with Crippen molar-refractivity contribution >= 4 is 11.8 Å². The summed E-state index contributed by atoms with van der Waals surface area (Å²) in [6.07, 6.45) is 11.9. The Kier molecular flexibility index (Phi) is 5.57. The lowest BCUT2D eigenvalue weighted by atomic mass is 9.62. The summed E-state index contributed by atoms with van der Waals surface area (Å²) in [5.41, 5.74) is 4.61. The summed E-state index contributed by atoms with van der Waals surface area (Å²) in [7, 11) is 1.58. The van der Waals surface area contributed by atoms with Gasteiger partial charge in [-0.2, -0.15) is 4.98 Å². The number of terminal acetylenes is 1. The molecule has 1 spiro atoms. The van der Waals surface area contributed by atoms with Gasteiger partial charge in [0, 0.05) is 15.9 Å². The van der Waals surface area contributed by atoms with Crippen molar-refractivity contribution < 1.29 is 4.74 Å². The van der Waals surface area contributed by atoms with E-state index in [1.807, 2.05) is 30.3 Å². The Morgan fingerprint density at radius 2 is 1.88 bits per heavy atom. The van der Waals surface area contributed by atoms with E-state index in [1.165, 1.54) is 12.0 Å². The molecule has 32 heavy (non-hydrogen) atoms. The number of fused-ring (bicyclic) bond motifs is 4. The van der Waals surface area contributed by atoms with Crippen molar-refractivity contribution in [3.63, 3.8) is 0 Å². The summed E-state index contributed by atoms with van der Waals surface area (Å²) in [5, 5.41) is 0. The molecule has 5 heteroatoms. The largest absolute Gasteiger partial charge is 0.468 e. The van der Waals surface area contributed by atoms with E-state index in [2.05, 4.69) is 24.1 Å². The van der Waals surface area contributed by atoms with E-state index >= 15 is 0 Å². The first-order chi connectivity index (χ1) is 15.7. The van der Waals surface area contributed by atoms with E-state index in [0.717, 1.165) is 59.5 Å². The highest BCUT2D eigenvalue weighted by atomic mass is 32.2. The Morgan fingerprint density at radius 3 is 2.59 bits per heavy atom. The third-order valence-electron chi connectivity index (χ3n) is 6.79. The van der Waals surface area contributed by atoms with E-state index < -0.39 is 0 Å². The molecule has 1 saturated carbocycles. The first-order valence-corrected chi connectivity index (χ1v) is 12.1. The highest BCUT2D eigenvalue weighted by Crippen LogP contribution is 2.49. The van der Waals surface area contributed by atoms with Gasteiger partial charge in [-0.05, 0) is 49.1 Å². The van der Waals surface area contributed by atoms with E-state index in [4.69, 9.17) is 16.1 Å². The lowest BCUT2D eigenvalue weighted by Gasteiger charge is -2.42. The van der Waals surface area contributed by atoms with Crippen LogP contribution in [-0.2, 0) is 11.8 Å².